The third-order valence-corrected chi connectivity index (χ3v) is 3.35. The lowest BCUT2D eigenvalue weighted by molar-refractivity contribution is -0.121. The van der Waals surface area contributed by atoms with Crippen molar-refractivity contribution in [3.05, 3.63) is 35.2 Å². The number of aromatic nitrogens is 2. The Labute approximate surface area is 157 Å². The largest absolute Gasteiger partial charge is 0.350 e. The Kier molecular flexibility index (Phi) is 6.57. The van der Waals surface area contributed by atoms with Gasteiger partial charge in [0.2, 0.25) is 17.6 Å². The van der Waals surface area contributed by atoms with Crippen LogP contribution < -0.4 is 16.0 Å². The van der Waals surface area contributed by atoms with Gasteiger partial charge in [-0.05, 0) is 32.9 Å². The zero-order valence-corrected chi connectivity index (χ0v) is 16.0. The minimum Gasteiger partial charge on any atom is -0.350 e. The van der Waals surface area contributed by atoms with Crippen LogP contribution in [0.25, 0.3) is 11.4 Å². The van der Waals surface area contributed by atoms with Crippen molar-refractivity contribution in [2.24, 2.45) is 4.99 Å². The predicted octanol–water partition coefficient (Wildman–Crippen LogP) is 1.97. The number of carbonyl (C=O) groups excluding carboxylic acids is 1. The number of hydrogen-bond acceptors (Lipinski definition) is 5. The number of carbonyl (C=O) groups is 1. The van der Waals surface area contributed by atoms with E-state index < -0.39 is 0 Å². The van der Waals surface area contributed by atoms with E-state index in [4.69, 9.17) is 16.1 Å². The van der Waals surface area contributed by atoms with E-state index in [1.54, 1.807) is 19.2 Å². The van der Waals surface area contributed by atoms with Gasteiger partial charge in [-0.2, -0.15) is 4.98 Å². The molecule has 2 aromatic rings. The number of hydrogen-bond donors (Lipinski definition) is 3. The number of rotatable bonds is 5. The first-order chi connectivity index (χ1) is 12.3. The molecule has 1 aromatic carbocycles. The molecular formula is C17H23ClN6O2. The highest BCUT2D eigenvalue weighted by molar-refractivity contribution is 6.30. The van der Waals surface area contributed by atoms with Crippen molar-refractivity contribution in [2.45, 2.75) is 32.9 Å². The number of nitrogens with one attached hydrogen (secondary N) is 3. The van der Waals surface area contributed by atoms with E-state index in [1.165, 1.54) is 0 Å². The Balaban J connectivity index is 1.86. The second-order valence-corrected chi connectivity index (χ2v) is 7.04. The van der Waals surface area contributed by atoms with Crippen LogP contribution in [0.15, 0.2) is 33.8 Å². The van der Waals surface area contributed by atoms with E-state index in [-0.39, 0.29) is 24.5 Å². The van der Waals surface area contributed by atoms with E-state index in [9.17, 15) is 4.79 Å². The third-order valence-electron chi connectivity index (χ3n) is 3.11. The van der Waals surface area contributed by atoms with Gasteiger partial charge in [0.1, 0.15) is 0 Å². The van der Waals surface area contributed by atoms with Crippen LogP contribution in [0.3, 0.4) is 0 Å². The van der Waals surface area contributed by atoms with Crippen LogP contribution >= 0.6 is 11.6 Å². The molecule has 140 valence electrons. The highest BCUT2D eigenvalue weighted by atomic mass is 35.5. The fourth-order valence-corrected chi connectivity index (χ4v) is 2.27. The van der Waals surface area contributed by atoms with Gasteiger partial charge in [0.15, 0.2) is 5.96 Å². The third kappa shape index (κ3) is 6.36. The number of nitrogens with zero attached hydrogens (tertiary/aromatic N) is 3. The molecule has 26 heavy (non-hydrogen) atoms. The zero-order valence-electron chi connectivity index (χ0n) is 15.3. The maximum Gasteiger partial charge on any atom is 0.246 e. The lowest BCUT2D eigenvalue weighted by Crippen LogP contribution is -2.48. The van der Waals surface area contributed by atoms with Crippen molar-refractivity contribution in [3.8, 4) is 11.4 Å². The summed E-state index contributed by atoms with van der Waals surface area (Å²) in [5.41, 5.74) is 0.491. The van der Waals surface area contributed by atoms with Crippen molar-refractivity contribution < 1.29 is 9.32 Å². The second kappa shape index (κ2) is 8.66. The van der Waals surface area contributed by atoms with Crippen LogP contribution in [0.1, 0.15) is 26.7 Å². The Morgan fingerprint density at radius 2 is 2.08 bits per heavy atom. The standard InChI is InChI=1S/C17H23ClN6O2/c1-17(2,3)23-13(25)9-20-16(19-4)21-10-14-22-15(24-26-14)11-6-5-7-12(18)8-11/h5-8H,9-10H2,1-4H3,(H,23,25)(H2,19,20,21). The highest BCUT2D eigenvalue weighted by Crippen LogP contribution is 2.19. The van der Waals surface area contributed by atoms with Crippen molar-refractivity contribution in [3.63, 3.8) is 0 Å². The summed E-state index contributed by atoms with van der Waals surface area (Å²) in [6.07, 6.45) is 0. The molecule has 3 N–H and O–H groups in total. The van der Waals surface area contributed by atoms with Gasteiger partial charge < -0.3 is 20.5 Å². The minimum absolute atomic E-state index is 0.106. The summed E-state index contributed by atoms with van der Waals surface area (Å²) in [4.78, 5) is 20.2. The number of amides is 1. The van der Waals surface area contributed by atoms with Crippen LogP contribution in [0.2, 0.25) is 5.02 Å². The molecule has 0 fully saturated rings. The van der Waals surface area contributed by atoms with Gasteiger partial charge >= 0.3 is 0 Å². The van der Waals surface area contributed by atoms with Gasteiger partial charge in [-0.25, -0.2) is 0 Å². The summed E-state index contributed by atoms with van der Waals surface area (Å²) in [5.74, 6) is 1.18. The number of aliphatic imine (C=N–C) groups is 1. The highest BCUT2D eigenvalue weighted by Gasteiger charge is 2.14. The van der Waals surface area contributed by atoms with E-state index in [0.717, 1.165) is 5.56 Å². The lowest BCUT2D eigenvalue weighted by Gasteiger charge is -2.21. The molecule has 0 bridgehead atoms. The zero-order chi connectivity index (χ0) is 19.2. The van der Waals surface area contributed by atoms with E-state index in [0.29, 0.717) is 22.7 Å². The summed E-state index contributed by atoms with van der Waals surface area (Å²) in [7, 11) is 1.61. The number of halogens is 1. The van der Waals surface area contributed by atoms with Gasteiger partial charge in [-0.1, -0.05) is 28.9 Å². The monoisotopic (exact) mass is 378 g/mol. The molecule has 0 aliphatic rings. The van der Waals surface area contributed by atoms with E-state index in [1.807, 2.05) is 32.9 Å². The average molecular weight is 379 g/mol. The van der Waals surface area contributed by atoms with Crippen molar-refractivity contribution in [1.29, 1.82) is 0 Å². The topological polar surface area (TPSA) is 104 Å². The molecule has 0 aliphatic heterocycles. The lowest BCUT2D eigenvalue weighted by atomic mass is 10.1. The fraction of sp³-hybridized carbons (Fsp3) is 0.412. The molecule has 1 aromatic heterocycles. The first-order valence-corrected chi connectivity index (χ1v) is 8.48. The molecule has 8 nitrogen and oxygen atoms in total. The maximum atomic E-state index is 11.8. The second-order valence-electron chi connectivity index (χ2n) is 6.60. The Morgan fingerprint density at radius 3 is 2.73 bits per heavy atom. The fourth-order valence-electron chi connectivity index (χ4n) is 2.08. The predicted molar refractivity (Wildman–Crippen MR) is 101 cm³/mol. The van der Waals surface area contributed by atoms with Crippen molar-refractivity contribution in [1.82, 2.24) is 26.1 Å². The molecule has 0 aliphatic carbocycles. The summed E-state index contributed by atoms with van der Waals surface area (Å²) in [6, 6.07) is 7.21. The summed E-state index contributed by atoms with van der Waals surface area (Å²) in [5, 5.41) is 13.3. The van der Waals surface area contributed by atoms with Crippen LogP contribution in [-0.2, 0) is 11.3 Å². The minimum atomic E-state index is -0.282. The van der Waals surface area contributed by atoms with Gasteiger partial charge in [-0.15, -0.1) is 0 Å². The average Bonchev–Trinajstić information content (AvgIpc) is 3.02. The quantitative estimate of drug-likeness (QED) is 0.542. The summed E-state index contributed by atoms with van der Waals surface area (Å²) in [6.45, 7) is 6.14. The Hall–Kier alpha value is -2.61. The smallest absolute Gasteiger partial charge is 0.246 e. The summed E-state index contributed by atoms with van der Waals surface area (Å²) >= 11 is 5.97. The normalized spacial score (nSPS) is 12.0. The van der Waals surface area contributed by atoms with Crippen molar-refractivity contribution >= 4 is 23.5 Å². The van der Waals surface area contributed by atoms with Gasteiger partial charge in [0, 0.05) is 23.2 Å². The van der Waals surface area contributed by atoms with Crippen LogP contribution in [-0.4, -0.2) is 41.1 Å². The molecule has 0 atom stereocenters. The van der Waals surface area contributed by atoms with Crippen LogP contribution in [0, 0.1) is 0 Å². The molecule has 1 amide bonds. The van der Waals surface area contributed by atoms with Crippen LogP contribution in [0.5, 0.6) is 0 Å². The molecule has 0 unspecified atom stereocenters. The van der Waals surface area contributed by atoms with Gasteiger partial charge in [0.05, 0.1) is 13.1 Å². The number of benzene rings is 1. The number of guanidine groups is 1. The molecule has 2 rings (SSSR count). The van der Waals surface area contributed by atoms with E-state index in [2.05, 4.69) is 31.1 Å². The van der Waals surface area contributed by atoms with Crippen LogP contribution in [0.4, 0.5) is 0 Å². The Morgan fingerprint density at radius 1 is 1.31 bits per heavy atom. The molecule has 0 saturated carbocycles. The molecule has 0 saturated heterocycles. The summed E-state index contributed by atoms with van der Waals surface area (Å²) < 4.78 is 5.22. The van der Waals surface area contributed by atoms with E-state index >= 15 is 0 Å². The molecule has 0 radical (unpaired) electrons. The SMILES string of the molecule is CN=C(NCC(=O)NC(C)(C)C)NCc1nc(-c2cccc(Cl)c2)no1. The first kappa shape index (κ1) is 19.7. The molecule has 9 heteroatoms. The van der Waals surface area contributed by atoms with Crippen molar-refractivity contribution in [2.75, 3.05) is 13.6 Å². The van der Waals surface area contributed by atoms with Gasteiger partial charge in [-0.3, -0.25) is 9.79 Å². The first-order valence-electron chi connectivity index (χ1n) is 8.11. The maximum absolute atomic E-state index is 11.8. The Bertz CT molecular complexity index is 782. The molecular weight excluding hydrogens is 356 g/mol. The molecule has 1 heterocycles. The van der Waals surface area contributed by atoms with Gasteiger partial charge in [0.25, 0.3) is 0 Å². The molecule has 0 spiro atoms.